The van der Waals surface area contributed by atoms with E-state index < -0.39 is 17.7 Å². The number of aliphatic carboxylic acids is 1. The first kappa shape index (κ1) is 16.1. The SMILES string of the molecule is O=C(O)Cc1ccc2ccn(Cc3ccc(C(F)(F)F)cc3)c2c1. The van der Waals surface area contributed by atoms with E-state index in [0.717, 1.165) is 28.6 Å². The molecule has 3 aromatic rings. The van der Waals surface area contributed by atoms with Gasteiger partial charge in [0.05, 0.1) is 12.0 Å². The maximum Gasteiger partial charge on any atom is 0.416 e. The second-order valence-electron chi connectivity index (χ2n) is 5.60. The van der Waals surface area contributed by atoms with Crippen LogP contribution in [0.2, 0.25) is 0 Å². The van der Waals surface area contributed by atoms with Gasteiger partial charge in [-0.25, -0.2) is 0 Å². The van der Waals surface area contributed by atoms with E-state index in [1.807, 2.05) is 22.9 Å². The molecule has 1 aromatic heterocycles. The molecule has 0 saturated heterocycles. The average Bonchev–Trinajstić information content (AvgIpc) is 2.89. The first-order chi connectivity index (χ1) is 11.3. The second-order valence-corrected chi connectivity index (χ2v) is 5.60. The van der Waals surface area contributed by atoms with Crippen LogP contribution in [0.3, 0.4) is 0 Å². The van der Waals surface area contributed by atoms with Crippen molar-refractivity contribution in [3.05, 3.63) is 71.4 Å². The van der Waals surface area contributed by atoms with Crippen LogP contribution >= 0.6 is 0 Å². The van der Waals surface area contributed by atoms with E-state index in [1.165, 1.54) is 12.1 Å². The number of alkyl halides is 3. The third kappa shape index (κ3) is 3.42. The zero-order valence-electron chi connectivity index (χ0n) is 12.5. The molecule has 2 aromatic carbocycles. The van der Waals surface area contributed by atoms with Crippen molar-refractivity contribution in [2.24, 2.45) is 0 Å². The lowest BCUT2D eigenvalue weighted by molar-refractivity contribution is -0.138. The van der Waals surface area contributed by atoms with Crippen molar-refractivity contribution >= 4 is 16.9 Å². The molecule has 0 unspecified atom stereocenters. The molecule has 6 heteroatoms. The van der Waals surface area contributed by atoms with Gasteiger partial charge in [-0.05, 0) is 40.8 Å². The molecule has 0 aliphatic heterocycles. The van der Waals surface area contributed by atoms with E-state index in [4.69, 9.17) is 5.11 Å². The van der Waals surface area contributed by atoms with Crippen LogP contribution in [-0.2, 0) is 23.9 Å². The Balaban J connectivity index is 1.88. The molecule has 0 saturated carbocycles. The van der Waals surface area contributed by atoms with Gasteiger partial charge in [0.25, 0.3) is 0 Å². The van der Waals surface area contributed by atoms with Crippen LogP contribution in [0.4, 0.5) is 13.2 Å². The number of hydrogen-bond donors (Lipinski definition) is 1. The van der Waals surface area contributed by atoms with Crippen molar-refractivity contribution in [1.82, 2.24) is 4.57 Å². The molecule has 0 bridgehead atoms. The molecule has 124 valence electrons. The van der Waals surface area contributed by atoms with Gasteiger partial charge in [0.15, 0.2) is 0 Å². The minimum atomic E-state index is -4.34. The minimum Gasteiger partial charge on any atom is -0.481 e. The summed E-state index contributed by atoms with van der Waals surface area (Å²) in [5.41, 5.74) is 1.60. The Morgan fingerprint density at radius 2 is 1.67 bits per heavy atom. The number of hydrogen-bond acceptors (Lipinski definition) is 1. The van der Waals surface area contributed by atoms with E-state index >= 15 is 0 Å². The summed E-state index contributed by atoms with van der Waals surface area (Å²) in [6.45, 7) is 0.415. The Bertz CT molecular complexity index is 879. The lowest BCUT2D eigenvalue weighted by Gasteiger charge is -2.09. The fourth-order valence-corrected chi connectivity index (χ4v) is 2.65. The Morgan fingerprint density at radius 3 is 2.29 bits per heavy atom. The molecule has 1 N–H and O–H groups in total. The standard InChI is InChI=1S/C18H14F3NO2/c19-18(20,21)15-5-2-12(3-6-15)11-22-8-7-14-4-1-13(9-16(14)22)10-17(23)24/h1-9H,10-11H2,(H,23,24). The smallest absolute Gasteiger partial charge is 0.416 e. The molecule has 0 aliphatic carbocycles. The second kappa shape index (κ2) is 6.03. The molecule has 3 rings (SSSR count). The van der Waals surface area contributed by atoms with Crippen LogP contribution in [0.15, 0.2) is 54.7 Å². The van der Waals surface area contributed by atoms with E-state index in [0.29, 0.717) is 12.1 Å². The van der Waals surface area contributed by atoms with Gasteiger partial charge >= 0.3 is 12.1 Å². The lowest BCUT2D eigenvalue weighted by Crippen LogP contribution is -2.05. The monoisotopic (exact) mass is 333 g/mol. The quantitative estimate of drug-likeness (QED) is 0.772. The zero-order valence-corrected chi connectivity index (χ0v) is 12.5. The van der Waals surface area contributed by atoms with Crippen LogP contribution in [-0.4, -0.2) is 15.6 Å². The average molecular weight is 333 g/mol. The van der Waals surface area contributed by atoms with E-state index in [1.54, 1.807) is 12.1 Å². The summed E-state index contributed by atoms with van der Waals surface area (Å²) in [6.07, 6.45) is -2.57. The number of rotatable bonds is 4. The molecule has 0 atom stereocenters. The predicted octanol–water partition coefficient (Wildman–Crippen LogP) is 4.34. The fourth-order valence-electron chi connectivity index (χ4n) is 2.65. The third-order valence-electron chi connectivity index (χ3n) is 3.83. The Kier molecular flexibility index (Phi) is 4.05. The van der Waals surface area contributed by atoms with E-state index in [2.05, 4.69) is 0 Å². The van der Waals surface area contributed by atoms with Gasteiger partial charge in [0.1, 0.15) is 0 Å². The topological polar surface area (TPSA) is 42.2 Å². The molecular weight excluding hydrogens is 319 g/mol. The first-order valence-electron chi connectivity index (χ1n) is 7.28. The maximum absolute atomic E-state index is 12.6. The molecule has 3 nitrogen and oxygen atoms in total. The van der Waals surface area contributed by atoms with Crippen LogP contribution in [0.25, 0.3) is 10.9 Å². The summed E-state index contributed by atoms with van der Waals surface area (Å²) in [5, 5.41) is 9.84. The van der Waals surface area contributed by atoms with Gasteiger partial charge < -0.3 is 9.67 Å². The van der Waals surface area contributed by atoms with Crippen LogP contribution < -0.4 is 0 Å². The van der Waals surface area contributed by atoms with Crippen molar-refractivity contribution in [3.63, 3.8) is 0 Å². The lowest BCUT2D eigenvalue weighted by atomic mass is 10.1. The number of carbonyl (C=O) groups is 1. The van der Waals surface area contributed by atoms with E-state index in [9.17, 15) is 18.0 Å². The summed E-state index contributed by atoms with van der Waals surface area (Å²) in [7, 11) is 0. The largest absolute Gasteiger partial charge is 0.481 e. The van der Waals surface area contributed by atoms with Gasteiger partial charge in [-0.3, -0.25) is 4.79 Å². The highest BCUT2D eigenvalue weighted by molar-refractivity contribution is 5.82. The normalized spacial score (nSPS) is 11.8. The van der Waals surface area contributed by atoms with Crippen LogP contribution in [0.5, 0.6) is 0 Å². The highest BCUT2D eigenvalue weighted by Gasteiger charge is 2.29. The molecule has 0 amide bonds. The van der Waals surface area contributed by atoms with Gasteiger partial charge in [0.2, 0.25) is 0 Å². The maximum atomic E-state index is 12.6. The number of nitrogens with zero attached hydrogens (tertiary/aromatic N) is 1. The number of halogens is 3. The summed E-state index contributed by atoms with van der Waals surface area (Å²) in [4.78, 5) is 10.8. The van der Waals surface area contributed by atoms with E-state index in [-0.39, 0.29) is 6.42 Å². The summed E-state index contributed by atoms with van der Waals surface area (Å²) in [5.74, 6) is -0.907. The van der Waals surface area contributed by atoms with Gasteiger partial charge in [0, 0.05) is 18.3 Å². The molecule has 1 heterocycles. The Morgan fingerprint density at radius 1 is 1.00 bits per heavy atom. The van der Waals surface area contributed by atoms with Crippen molar-refractivity contribution in [2.75, 3.05) is 0 Å². The van der Waals surface area contributed by atoms with Crippen molar-refractivity contribution in [2.45, 2.75) is 19.1 Å². The first-order valence-corrected chi connectivity index (χ1v) is 7.28. The molecule has 0 fully saturated rings. The molecule has 24 heavy (non-hydrogen) atoms. The zero-order chi connectivity index (χ0) is 17.3. The number of benzene rings is 2. The molecule has 0 aliphatic rings. The Hall–Kier alpha value is -2.76. The molecular formula is C18H14F3NO2. The van der Waals surface area contributed by atoms with Crippen molar-refractivity contribution in [1.29, 1.82) is 0 Å². The third-order valence-corrected chi connectivity index (χ3v) is 3.83. The highest BCUT2D eigenvalue weighted by atomic mass is 19.4. The summed E-state index contributed by atoms with van der Waals surface area (Å²) >= 11 is 0. The minimum absolute atomic E-state index is 0.0681. The number of carboxylic acid groups (broad SMARTS) is 1. The van der Waals surface area contributed by atoms with Crippen LogP contribution in [0.1, 0.15) is 16.7 Å². The van der Waals surface area contributed by atoms with Gasteiger partial charge in [-0.15, -0.1) is 0 Å². The number of aromatic nitrogens is 1. The molecule has 0 radical (unpaired) electrons. The number of carboxylic acids is 1. The van der Waals surface area contributed by atoms with Crippen molar-refractivity contribution < 1.29 is 23.1 Å². The van der Waals surface area contributed by atoms with Crippen molar-refractivity contribution in [3.8, 4) is 0 Å². The van der Waals surface area contributed by atoms with Gasteiger partial charge in [-0.1, -0.05) is 24.3 Å². The Labute approximate surface area is 136 Å². The van der Waals surface area contributed by atoms with Crippen LogP contribution in [0, 0.1) is 0 Å². The summed E-state index contributed by atoms with van der Waals surface area (Å²) in [6, 6.07) is 12.3. The van der Waals surface area contributed by atoms with Gasteiger partial charge in [-0.2, -0.15) is 13.2 Å². The highest BCUT2D eigenvalue weighted by Crippen LogP contribution is 2.29. The summed E-state index contributed by atoms with van der Waals surface area (Å²) < 4.78 is 39.7. The fraction of sp³-hybridized carbons (Fsp3) is 0.167. The molecule has 0 spiro atoms. The predicted molar refractivity (Wildman–Crippen MR) is 83.8 cm³/mol. The number of fused-ring (bicyclic) bond motifs is 1.